The Morgan fingerprint density at radius 3 is 2.88 bits per heavy atom. The van der Waals surface area contributed by atoms with Gasteiger partial charge in [-0.25, -0.2) is 0 Å². The molecule has 84 valence electrons. The second-order valence-electron chi connectivity index (χ2n) is 4.03. The molecule has 0 radical (unpaired) electrons. The molecule has 0 saturated heterocycles. The summed E-state index contributed by atoms with van der Waals surface area (Å²) in [4.78, 5) is 13.7. The predicted octanol–water partition coefficient (Wildman–Crippen LogP) is 2.38. The summed E-state index contributed by atoms with van der Waals surface area (Å²) in [5.74, 6) is 0.806. The molecule has 3 heteroatoms. The summed E-state index contributed by atoms with van der Waals surface area (Å²) in [6.45, 7) is 5.01. The van der Waals surface area contributed by atoms with Gasteiger partial charge in [0.2, 0.25) is 0 Å². The highest BCUT2D eigenvalue weighted by Crippen LogP contribution is 2.31. The van der Waals surface area contributed by atoms with E-state index in [1.807, 2.05) is 38.1 Å². The number of amides is 1. The predicted molar refractivity (Wildman–Crippen MR) is 63.7 cm³/mol. The zero-order valence-electron chi connectivity index (χ0n) is 9.56. The number of ether oxygens (including phenoxy) is 1. The van der Waals surface area contributed by atoms with Crippen molar-refractivity contribution in [3.63, 3.8) is 0 Å². The van der Waals surface area contributed by atoms with Gasteiger partial charge in [0.1, 0.15) is 12.4 Å². The van der Waals surface area contributed by atoms with E-state index in [0.717, 1.165) is 17.0 Å². The third-order valence-electron chi connectivity index (χ3n) is 2.41. The van der Waals surface area contributed by atoms with Crippen LogP contribution in [0.5, 0.6) is 5.75 Å². The summed E-state index contributed by atoms with van der Waals surface area (Å²) in [6.07, 6.45) is 1.65. The largest absolute Gasteiger partial charge is 0.490 e. The molecule has 0 aliphatic carbocycles. The molecule has 0 bridgehead atoms. The van der Waals surface area contributed by atoms with Gasteiger partial charge >= 0.3 is 0 Å². The highest BCUT2D eigenvalue weighted by Gasteiger charge is 2.21. The first-order valence-electron chi connectivity index (χ1n) is 5.37. The number of rotatable bonds is 1. The molecule has 0 unspecified atom stereocenters. The van der Waals surface area contributed by atoms with Gasteiger partial charge in [-0.05, 0) is 26.0 Å². The lowest BCUT2D eigenvalue weighted by Gasteiger charge is -2.28. The highest BCUT2D eigenvalue weighted by atomic mass is 16.5. The van der Waals surface area contributed by atoms with Crippen LogP contribution in [-0.2, 0) is 4.79 Å². The molecule has 0 aromatic heterocycles. The molecule has 16 heavy (non-hydrogen) atoms. The van der Waals surface area contributed by atoms with Gasteiger partial charge in [-0.1, -0.05) is 17.7 Å². The van der Waals surface area contributed by atoms with Crippen LogP contribution in [0.2, 0.25) is 0 Å². The standard InChI is InChI=1S/C13H15NO2/c1-10(2)9-13(15)14-7-8-16-12-6-4-3-5-11(12)14/h3-6,9H,7-8H2,1-2H3. The van der Waals surface area contributed by atoms with Crippen molar-refractivity contribution in [3.05, 3.63) is 35.9 Å². The lowest BCUT2D eigenvalue weighted by atomic mass is 10.2. The van der Waals surface area contributed by atoms with Gasteiger partial charge in [0.15, 0.2) is 0 Å². The molecule has 1 aliphatic rings. The first-order chi connectivity index (χ1) is 7.68. The van der Waals surface area contributed by atoms with Crippen molar-refractivity contribution in [2.75, 3.05) is 18.1 Å². The van der Waals surface area contributed by atoms with Crippen LogP contribution < -0.4 is 9.64 Å². The average Bonchev–Trinajstić information content (AvgIpc) is 2.27. The molecule has 0 spiro atoms. The Hall–Kier alpha value is -1.77. The van der Waals surface area contributed by atoms with Crippen LogP contribution >= 0.6 is 0 Å². The van der Waals surface area contributed by atoms with Crippen LogP contribution in [0.3, 0.4) is 0 Å². The zero-order valence-corrected chi connectivity index (χ0v) is 9.56. The number of carbonyl (C=O) groups is 1. The van der Waals surface area contributed by atoms with Gasteiger partial charge < -0.3 is 9.64 Å². The number of para-hydroxylation sites is 2. The molecule has 1 aliphatic heterocycles. The summed E-state index contributed by atoms with van der Waals surface area (Å²) >= 11 is 0. The van der Waals surface area contributed by atoms with Crippen LogP contribution in [0.15, 0.2) is 35.9 Å². The van der Waals surface area contributed by atoms with Gasteiger partial charge in [0, 0.05) is 6.08 Å². The van der Waals surface area contributed by atoms with Crippen LogP contribution in [0, 0.1) is 0 Å². The van der Waals surface area contributed by atoms with Gasteiger partial charge in [-0.2, -0.15) is 0 Å². The van der Waals surface area contributed by atoms with E-state index in [-0.39, 0.29) is 5.91 Å². The number of anilines is 1. The number of hydrogen-bond donors (Lipinski definition) is 0. The monoisotopic (exact) mass is 217 g/mol. The Kier molecular flexibility index (Phi) is 2.95. The SMILES string of the molecule is CC(C)=CC(=O)N1CCOc2ccccc21. The van der Waals surface area contributed by atoms with Crippen molar-refractivity contribution < 1.29 is 9.53 Å². The third kappa shape index (κ3) is 2.08. The summed E-state index contributed by atoms with van der Waals surface area (Å²) < 4.78 is 5.49. The van der Waals surface area contributed by atoms with E-state index in [2.05, 4.69) is 0 Å². The van der Waals surface area contributed by atoms with E-state index in [0.29, 0.717) is 13.2 Å². The summed E-state index contributed by atoms with van der Waals surface area (Å²) in [7, 11) is 0. The van der Waals surface area contributed by atoms with Crippen LogP contribution in [0.25, 0.3) is 0 Å². The van der Waals surface area contributed by atoms with Crippen molar-refractivity contribution in [1.29, 1.82) is 0 Å². The summed E-state index contributed by atoms with van der Waals surface area (Å²) in [5.41, 5.74) is 1.87. The smallest absolute Gasteiger partial charge is 0.251 e. The normalized spacial score (nSPS) is 13.8. The zero-order chi connectivity index (χ0) is 11.5. The van der Waals surface area contributed by atoms with Crippen LogP contribution in [-0.4, -0.2) is 19.1 Å². The van der Waals surface area contributed by atoms with Crippen molar-refractivity contribution in [1.82, 2.24) is 0 Å². The number of fused-ring (bicyclic) bond motifs is 1. The Morgan fingerprint density at radius 1 is 1.38 bits per heavy atom. The van der Waals surface area contributed by atoms with Crippen molar-refractivity contribution in [2.24, 2.45) is 0 Å². The maximum Gasteiger partial charge on any atom is 0.251 e. The third-order valence-corrected chi connectivity index (χ3v) is 2.41. The quantitative estimate of drug-likeness (QED) is 0.676. The average molecular weight is 217 g/mol. The summed E-state index contributed by atoms with van der Waals surface area (Å²) in [5, 5.41) is 0. The van der Waals surface area contributed by atoms with Crippen molar-refractivity contribution in [2.45, 2.75) is 13.8 Å². The van der Waals surface area contributed by atoms with E-state index in [4.69, 9.17) is 4.74 Å². The van der Waals surface area contributed by atoms with Crippen LogP contribution in [0.4, 0.5) is 5.69 Å². The molecule has 1 aromatic carbocycles. The minimum atomic E-state index is 0.0238. The Morgan fingerprint density at radius 2 is 2.12 bits per heavy atom. The Balaban J connectivity index is 2.32. The lowest BCUT2D eigenvalue weighted by molar-refractivity contribution is -0.114. The maximum absolute atomic E-state index is 12.0. The Labute approximate surface area is 95.3 Å². The minimum Gasteiger partial charge on any atom is -0.490 e. The lowest BCUT2D eigenvalue weighted by Crippen LogP contribution is -2.36. The van der Waals surface area contributed by atoms with Gasteiger partial charge in [-0.3, -0.25) is 4.79 Å². The fourth-order valence-electron chi connectivity index (χ4n) is 1.72. The van der Waals surface area contributed by atoms with Crippen molar-refractivity contribution >= 4 is 11.6 Å². The number of allylic oxidation sites excluding steroid dienone is 1. The highest BCUT2D eigenvalue weighted by molar-refractivity contribution is 6.03. The molecular formula is C13H15NO2. The fraction of sp³-hybridized carbons (Fsp3) is 0.308. The number of hydrogen-bond acceptors (Lipinski definition) is 2. The Bertz CT molecular complexity index is 433. The van der Waals surface area contributed by atoms with Gasteiger partial charge in [0.25, 0.3) is 5.91 Å². The topological polar surface area (TPSA) is 29.5 Å². The molecule has 2 rings (SSSR count). The molecule has 0 fully saturated rings. The van der Waals surface area contributed by atoms with E-state index >= 15 is 0 Å². The van der Waals surface area contributed by atoms with Crippen molar-refractivity contribution in [3.8, 4) is 5.75 Å². The van der Waals surface area contributed by atoms with Gasteiger partial charge in [0.05, 0.1) is 12.2 Å². The first-order valence-corrected chi connectivity index (χ1v) is 5.37. The van der Waals surface area contributed by atoms with E-state index in [1.54, 1.807) is 11.0 Å². The second kappa shape index (κ2) is 4.39. The van der Waals surface area contributed by atoms with Gasteiger partial charge in [-0.15, -0.1) is 0 Å². The number of carbonyl (C=O) groups excluding carboxylic acids is 1. The molecular weight excluding hydrogens is 202 g/mol. The second-order valence-corrected chi connectivity index (χ2v) is 4.03. The fourth-order valence-corrected chi connectivity index (χ4v) is 1.72. The maximum atomic E-state index is 12.0. The number of benzene rings is 1. The molecule has 3 nitrogen and oxygen atoms in total. The first kappa shape index (κ1) is 10.7. The van der Waals surface area contributed by atoms with E-state index < -0.39 is 0 Å². The molecule has 0 N–H and O–H groups in total. The molecule has 0 atom stereocenters. The van der Waals surface area contributed by atoms with Crippen LogP contribution in [0.1, 0.15) is 13.8 Å². The summed E-state index contributed by atoms with van der Waals surface area (Å²) in [6, 6.07) is 7.62. The minimum absolute atomic E-state index is 0.0238. The molecule has 1 amide bonds. The molecule has 1 heterocycles. The molecule has 0 saturated carbocycles. The van der Waals surface area contributed by atoms with E-state index in [9.17, 15) is 4.79 Å². The number of nitrogens with zero attached hydrogens (tertiary/aromatic N) is 1. The van der Waals surface area contributed by atoms with E-state index in [1.165, 1.54) is 0 Å². The molecule has 1 aromatic rings.